The lowest BCUT2D eigenvalue weighted by molar-refractivity contribution is 0.173. The molecule has 1 fully saturated rings. The zero-order chi connectivity index (χ0) is 4.41. The minimum Gasteiger partial charge on any atom is -0.363 e. The predicted octanol–water partition coefficient (Wildman–Crippen LogP) is 0.430. The van der Waals surface area contributed by atoms with Crippen LogP contribution in [0.2, 0.25) is 0 Å². The zero-order valence-corrected chi connectivity index (χ0v) is 4.11. The van der Waals surface area contributed by atoms with Crippen LogP contribution in [-0.2, 0) is 4.74 Å². The van der Waals surface area contributed by atoms with Gasteiger partial charge in [0.1, 0.15) is 6.73 Å². The maximum atomic E-state index is 5.42. The first kappa shape index (κ1) is 4.37. The van der Waals surface area contributed by atoms with Gasteiger partial charge in [-0.25, -0.2) is 0 Å². The molecule has 1 saturated heterocycles. The summed E-state index contributed by atoms with van der Waals surface area (Å²) < 4.78 is 6.46. The number of hydrogen-bond acceptors (Lipinski definition) is 2. The van der Waals surface area contributed by atoms with Gasteiger partial charge in [0, 0.05) is 6.54 Å². The van der Waals surface area contributed by atoms with Crippen LogP contribution in [0, 0.1) is 0 Å². The molecule has 1 rings (SSSR count). The summed E-state index contributed by atoms with van der Waals surface area (Å²) in [6, 6.07) is 0. The molecule has 2 nitrogen and oxygen atoms in total. The van der Waals surface area contributed by atoms with Crippen molar-refractivity contribution in [1.29, 1.82) is 0 Å². The summed E-state index contributed by atoms with van der Waals surface area (Å²) in [5.41, 5.74) is 0. The molecule has 0 N–H and O–H groups in total. The quantitative estimate of drug-likeness (QED) is 0.417. The molecule has 6 heavy (non-hydrogen) atoms. The molecule has 1 heterocycles. The molecule has 1 aliphatic heterocycles. The van der Waals surface area contributed by atoms with E-state index >= 15 is 0 Å². The number of rotatable bonds is 0. The molecule has 0 radical (unpaired) electrons. The van der Waals surface area contributed by atoms with Crippen LogP contribution in [-0.4, -0.2) is 24.3 Å². The van der Waals surface area contributed by atoms with E-state index in [2.05, 4.69) is 0 Å². The van der Waals surface area contributed by atoms with Crippen molar-refractivity contribution in [2.75, 3.05) is 19.9 Å². The summed E-state index contributed by atoms with van der Waals surface area (Å²) in [5, 5.41) is 0. The van der Waals surface area contributed by atoms with Gasteiger partial charge in [-0.15, -0.1) is 0 Å². The molecular weight excluding hydrogens is 101 g/mol. The van der Waals surface area contributed by atoms with Crippen molar-refractivity contribution < 1.29 is 4.74 Å². The summed E-state index contributed by atoms with van der Waals surface area (Å²) in [5.74, 6) is 0. The molecule has 0 unspecified atom stereocenters. The fraction of sp³-hybridized carbons (Fsp3) is 1.00. The Bertz CT molecular complexity index is 44.1. The first-order valence-corrected chi connectivity index (χ1v) is 2.22. The predicted molar refractivity (Wildman–Crippen MR) is 23.4 cm³/mol. The summed E-state index contributed by atoms with van der Waals surface area (Å²) in [6.07, 6.45) is 0. The first-order valence-electron chi connectivity index (χ1n) is 1.88. The van der Waals surface area contributed by atoms with Crippen LogP contribution in [0.1, 0.15) is 0 Å². The monoisotopic (exact) mass is 107 g/mol. The number of hydrogen-bond donors (Lipinski definition) is 0. The number of ether oxygens (including phenoxy) is 1. The van der Waals surface area contributed by atoms with Gasteiger partial charge >= 0.3 is 0 Å². The first-order chi connectivity index (χ1) is 2.89. The van der Waals surface area contributed by atoms with E-state index in [9.17, 15) is 0 Å². The second kappa shape index (κ2) is 1.78. The van der Waals surface area contributed by atoms with Gasteiger partial charge in [0.05, 0.1) is 6.61 Å². The third-order valence-corrected chi connectivity index (χ3v) is 0.976. The molecule has 0 aromatic carbocycles. The van der Waals surface area contributed by atoms with Crippen molar-refractivity contribution in [2.45, 2.75) is 0 Å². The number of nitrogens with zero attached hydrogens (tertiary/aromatic N) is 1. The maximum Gasteiger partial charge on any atom is 0.113 e. The molecule has 0 bridgehead atoms. The molecule has 0 aromatic heterocycles. The van der Waals surface area contributed by atoms with Gasteiger partial charge in [-0.2, -0.15) is 4.42 Å². The van der Waals surface area contributed by atoms with Gasteiger partial charge in [-0.3, -0.25) is 0 Å². The summed E-state index contributed by atoms with van der Waals surface area (Å²) in [4.78, 5) is 0. The van der Waals surface area contributed by atoms with E-state index < -0.39 is 0 Å². The Morgan fingerprint density at radius 2 is 2.50 bits per heavy atom. The van der Waals surface area contributed by atoms with Gasteiger partial charge in [0.25, 0.3) is 0 Å². The molecule has 0 amide bonds. The van der Waals surface area contributed by atoms with Crippen molar-refractivity contribution in [3.8, 4) is 0 Å². The molecule has 0 aliphatic carbocycles. The van der Waals surface area contributed by atoms with Gasteiger partial charge < -0.3 is 4.74 Å². The Morgan fingerprint density at radius 1 is 1.67 bits per heavy atom. The largest absolute Gasteiger partial charge is 0.363 e. The lowest BCUT2D eigenvalue weighted by Crippen LogP contribution is -2.03. The van der Waals surface area contributed by atoms with Crippen LogP contribution in [0.25, 0.3) is 0 Å². The minimum absolute atomic E-state index is 0.585. The van der Waals surface area contributed by atoms with Gasteiger partial charge in [-0.1, -0.05) is 0 Å². The topological polar surface area (TPSA) is 12.5 Å². The summed E-state index contributed by atoms with van der Waals surface area (Å²) in [6.45, 7) is 2.23. The average molecular weight is 108 g/mol. The smallest absolute Gasteiger partial charge is 0.113 e. The molecular formula is C3H6ClNO. The normalized spacial score (nSPS) is 25.5. The zero-order valence-electron chi connectivity index (χ0n) is 3.35. The van der Waals surface area contributed by atoms with Gasteiger partial charge in [0.2, 0.25) is 0 Å². The van der Waals surface area contributed by atoms with E-state index in [1.807, 2.05) is 0 Å². The van der Waals surface area contributed by atoms with Crippen LogP contribution in [0.4, 0.5) is 0 Å². The second-order valence-corrected chi connectivity index (χ2v) is 1.70. The van der Waals surface area contributed by atoms with Crippen molar-refractivity contribution in [2.24, 2.45) is 0 Å². The Kier molecular flexibility index (Phi) is 1.29. The lowest BCUT2D eigenvalue weighted by atomic mass is 10.7. The summed E-state index contributed by atoms with van der Waals surface area (Å²) in [7, 11) is 0. The van der Waals surface area contributed by atoms with Crippen molar-refractivity contribution >= 4 is 11.8 Å². The third-order valence-electron chi connectivity index (χ3n) is 0.710. The van der Waals surface area contributed by atoms with Crippen LogP contribution >= 0.6 is 11.8 Å². The van der Waals surface area contributed by atoms with E-state index in [-0.39, 0.29) is 0 Å². The lowest BCUT2D eigenvalue weighted by Gasteiger charge is -1.93. The van der Waals surface area contributed by atoms with Gasteiger partial charge in [0.15, 0.2) is 0 Å². The number of halogens is 1. The Balaban J connectivity index is 2.18. The van der Waals surface area contributed by atoms with Crippen molar-refractivity contribution in [3.05, 3.63) is 0 Å². The highest BCUT2D eigenvalue weighted by molar-refractivity contribution is 6.13. The van der Waals surface area contributed by atoms with E-state index in [0.29, 0.717) is 6.73 Å². The van der Waals surface area contributed by atoms with Gasteiger partial charge in [-0.05, 0) is 11.8 Å². The fourth-order valence-corrected chi connectivity index (χ4v) is 0.530. The van der Waals surface area contributed by atoms with Crippen LogP contribution < -0.4 is 0 Å². The molecule has 0 saturated carbocycles. The van der Waals surface area contributed by atoms with Crippen molar-refractivity contribution in [3.63, 3.8) is 0 Å². The molecule has 1 aliphatic rings. The fourth-order valence-electron chi connectivity index (χ4n) is 0.392. The molecule has 0 atom stereocenters. The highest BCUT2D eigenvalue weighted by atomic mass is 35.5. The van der Waals surface area contributed by atoms with E-state index in [0.717, 1.165) is 13.2 Å². The van der Waals surface area contributed by atoms with E-state index in [4.69, 9.17) is 16.5 Å². The van der Waals surface area contributed by atoms with Crippen LogP contribution in [0.3, 0.4) is 0 Å². The Hall–Kier alpha value is 0.210. The summed E-state index contributed by atoms with van der Waals surface area (Å²) >= 11 is 5.42. The Labute approximate surface area is 41.8 Å². The standard InChI is InChI=1S/C3H6ClNO/c4-5-1-2-6-3-5/h1-3H2. The highest BCUT2D eigenvalue weighted by Gasteiger charge is 2.06. The Morgan fingerprint density at radius 3 is 2.67 bits per heavy atom. The highest BCUT2D eigenvalue weighted by Crippen LogP contribution is 1.99. The van der Waals surface area contributed by atoms with Crippen LogP contribution in [0.15, 0.2) is 0 Å². The maximum absolute atomic E-state index is 5.42. The second-order valence-electron chi connectivity index (χ2n) is 1.22. The molecule has 36 valence electrons. The third kappa shape index (κ3) is 0.834. The SMILES string of the molecule is ClN1CCOC1. The molecule has 0 aromatic rings. The average Bonchev–Trinajstić information content (AvgIpc) is 1.86. The van der Waals surface area contributed by atoms with E-state index in [1.54, 1.807) is 4.42 Å². The molecule has 0 spiro atoms. The molecule has 3 heteroatoms. The minimum atomic E-state index is 0.585. The van der Waals surface area contributed by atoms with Crippen molar-refractivity contribution in [1.82, 2.24) is 4.42 Å². The van der Waals surface area contributed by atoms with E-state index in [1.165, 1.54) is 0 Å². The van der Waals surface area contributed by atoms with Crippen LogP contribution in [0.5, 0.6) is 0 Å².